The van der Waals surface area contributed by atoms with Crippen molar-refractivity contribution in [2.45, 2.75) is 0 Å². The molecule has 0 aliphatic rings. The van der Waals surface area contributed by atoms with Crippen molar-refractivity contribution in [3.05, 3.63) is 182 Å². The molecular weight excluding hydrogens is 593 g/mol. The third-order valence-electron chi connectivity index (χ3n) is 10.0. The van der Waals surface area contributed by atoms with Crippen LogP contribution in [-0.2, 0) is 0 Å². The minimum atomic E-state index is 0.904. The first-order valence-electron chi connectivity index (χ1n) is 16.8. The molecule has 1 nitrogen and oxygen atoms in total. The summed E-state index contributed by atoms with van der Waals surface area (Å²) in [5, 5.41) is 9.84. The molecule has 10 rings (SSSR count). The highest BCUT2D eigenvalue weighted by molar-refractivity contribution is 6.14. The molecule has 0 saturated carbocycles. The van der Waals surface area contributed by atoms with Gasteiger partial charge in [0.1, 0.15) is 11.2 Å². The summed E-state index contributed by atoms with van der Waals surface area (Å²) < 4.78 is 6.33. The van der Waals surface area contributed by atoms with Crippen molar-refractivity contribution in [1.82, 2.24) is 0 Å². The summed E-state index contributed by atoms with van der Waals surface area (Å²) in [4.78, 5) is 0. The fraction of sp³-hybridized carbons (Fsp3) is 0. The lowest BCUT2D eigenvalue weighted by Gasteiger charge is -2.15. The van der Waals surface area contributed by atoms with Crippen LogP contribution in [0.25, 0.3) is 98.8 Å². The normalized spacial score (nSPS) is 11.7. The maximum Gasteiger partial charge on any atom is 0.136 e. The van der Waals surface area contributed by atoms with Gasteiger partial charge in [0.25, 0.3) is 0 Å². The zero-order valence-electron chi connectivity index (χ0n) is 26.7. The minimum absolute atomic E-state index is 0.904. The van der Waals surface area contributed by atoms with Gasteiger partial charge in [0.2, 0.25) is 0 Å². The number of furan rings is 1. The molecule has 1 aromatic heterocycles. The Morgan fingerprint density at radius 1 is 0.245 bits per heavy atom. The van der Waals surface area contributed by atoms with E-state index < -0.39 is 0 Å². The van der Waals surface area contributed by atoms with Crippen molar-refractivity contribution < 1.29 is 4.42 Å². The fourth-order valence-electron chi connectivity index (χ4n) is 7.54. The van der Waals surface area contributed by atoms with E-state index in [1.165, 1.54) is 65.7 Å². The molecule has 10 aromatic rings. The SMILES string of the molecule is c1ccc2cc(-c3ccc(-c4cc(-c5ccc6c(c5)oc5ccccc56)cc(-c5cc6ccccc6c6ccccc56)c4)cc3)ccc2c1. The molecule has 0 amide bonds. The first kappa shape index (κ1) is 27.7. The topological polar surface area (TPSA) is 13.1 Å². The number of hydrogen-bond acceptors (Lipinski definition) is 1. The second-order valence-electron chi connectivity index (χ2n) is 12.9. The van der Waals surface area contributed by atoms with Gasteiger partial charge in [-0.3, -0.25) is 0 Å². The van der Waals surface area contributed by atoms with Gasteiger partial charge in [-0.2, -0.15) is 0 Å². The lowest BCUT2D eigenvalue weighted by Crippen LogP contribution is -1.89. The van der Waals surface area contributed by atoms with Crippen molar-refractivity contribution in [3.63, 3.8) is 0 Å². The van der Waals surface area contributed by atoms with Gasteiger partial charge >= 0.3 is 0 Å². The maximum absolute atomic E-state index is 6.33. The number of para-hydroxylation sites is 1. The van der Waals surface area contributed by atoms with Crippen molar-refractivity contribution in [1.29, 1.82) is 0 Å². The molecule has 49 heavy (non-hydrogen) atoms. The molecule has 0 saturated heterocycles. The summed E-state index contributed by atoms with van der Waals surface area (Å²) in [5.41, 5.74) is 11.3. The van der Waals surface area contributed by atoms with Crippen molar-refractivity contribution in [2.75, 3.05) is 0 Å². The van der Waals surface area contributed by atoms with Crippen molar-refractivity contribution in [3.8, 4) is 44.5 Å². The molecule has 9 aromatic carbocycles. The molecule has 0 unspecified atom stereocenters. The van der Waals surface area contributed by atoms with Crippen LogP contribution in [0, 0.1) is 0 Å². The maximum atomic E-state index is 6.33. The summed E-state index contributed by atoms with van der Waals surface area (Å²) in [7, 11) is 0. The quantitative estimate of drug-likeness (QED) is 0.178. The Kier molecular flexibility index (Phi) is 6.25. The van der Waals surface area contributed by atoms with Crippen LogP contribution >= 0.6 is 0 Å². The molecule has 0 N–H and O–H groups in total. The second kappa shape index (κ2) is 11.1. The molecule has 0 radical (unpaired) electrons. The summed E-state index contributed by atoms with van der Waals surface area (Å²) in [6.45, 7) is 0. The number of benzene rings is 9. The second-order valence-corrected chi connectivity index (χ2v) is 12.9. The van der Waals surface area contributed by atoms with Crippen LogP contribution in [-0.4, -0.2) is 0 Å². The van der Waals surface area contributed by atoms with Crippen molar-refractivity contribution in [2.24, 2.45) is 0 Å². The molecule has 0 fully saturated rings. The Morgan fingerprint density at radius 2 is 0.776 bits per heavy atom. The monoisotopic (exact) mass is 622 g/mol. The summed E-state index contributed by atoms with van der Waals surface area (Å²) in [5.74, 6) is 0. The van der Waals surface area contributed by atoms with Crippen LogP contribution in [0.3, 0.4) is 0 Å². The molecule has 1 heterocycles. The number of rotatable bonds is 4. The Morgan fingerprint density at radius 3 is 1.59 bits per heavy atom. The van der Waals surface area contributed by atoms with Crippen LogP contribution in [0.5, 0.6) is 0 Å². The fourth-order valence-corrected chi connectivity index (χ4v) is 7.54. The van der Waals surface area contributed by atoms with Crippen LogP contribution in [0.15, 0.2) is 186 Å². The average molecular weight is 623 g/mol. The van der Waals surface area contributed by atoms with E-state index in [2.05, 4.69) is 170 Å². The highest BCUT2D eigenvalue weighted by Crippen LogP contribution is 2.40. The van der Waals surface area contributed by atoms with E-state index in [9.17, 15) is 0 Å². The van der Waals surface area contributed by atoms with E-state index in [1.807, 2.05) is 12.1 Å². The zero-order chi connectivity index (χ0) is 32.3. The van der Waals surface area contributed by atoms with Crippen LogP contribution in [0.4, 0.5) is 0 Å². The van der Waals surface area contributed by atoms with Gasteiger partial charge in [0.05, 0.1) is 0 Å². The summed E-state index contributed by atoms with van der Waals surface area (Å²) in [6, 6.07) is 66.0. The first-order valence-corrected chi connectivity index (χ1v) is 16.8. The van der Waals surface area contributed by atoms with Crippen LogP contribution in [0.2, 0.25) is 0 Å². The third-order valence-corrected chi connectivity index (χ3v) is 10.0. The largest absolute Gasteiger partial charge is 0.456 e. The molecule has 0 spiro atoms. The summed E-state index contributed by atoms with van der Waals surface area (Å²) in [6.07, 6.45) is 0. The predicted molar refractivity (Wildman–Crippen MR) is 208 cm³/mol. The van der Waals surface area contributed by atoms with Crippen molar-refractivity contribution >= 4 is 54.3 Å². The molecule has 0 aliphatic heterocycles. The Labute approximate surface area is 284 Å². The van der Waals surface area contributed by atoms with Gasteiger partial charge in [-0.05, 0) is 125 Å². The molecule has 0 bridgehead atoms. The lowest BCUT2D eigenvalue weighted by molar-refractivity contribution is 0.669. The molecular formula is C48H30O. The number of hydrogen-bond donors (Lipinski definition) is 0. The van der Waals surface area contributed by atoms with Crippen LogP contribution in [0.1, 0.15) is 0 Å². The van der Waals surface area contributed by atoms with Crippen LogP contribution < -0.4 is 0 Å². The Balaban J connectivity index is 1.16. The zero-order valence-corrected chi connectivity index (χ0v) is 26.7. The average Bonchev–Trinajstić information content (AvgIpc) is 3.55. The molecule has 228 valence electrons. The number of fused-ring (bicyclic) bond motifs is 7. The lowest BCUT2D eigenvalue weighted by atomic mass is 9.89. The highest BCUT2D eigenvalue weighted by Gasteiger charge is 2.14. The molecule has 0 atom stereocenters. The van der Waals surface area contributed by atoms with Gasteiger partial charge in [0, 0.05) is 10.8 Å². The Hall–Kier alpha value is -6.44. The predicted octanol–water partition coefficient (Wildman–Crippen LogP) is 13.7. The third kappa shape index (κ3) is 4.71. The van der Waals surface area contributed by atoms with E-state index in [1.54, 1.807) is 0 Å². The summed E-state index contributed by atoms with van der Waals surface area (Å²) >= 11 is 0. The standard InChI is InChI=1S/C48H30O/c1-2-10-34-25-35(22-21-31(34)9-1)32-17-19-33(20-18-32)38-26-39(36-23-24-45-44-15-7-8-16-47(44)49-48(45)30-36)28-40(27-38)46-29-37-11-3-4-12-41(37)42-13-5-6-14-43(42)46/h1-30H. The minimum Gasteiger partial charge on any atom is -0.456 e. The smallest absolute Gasteiger partial charge is 0.136 e. The van der Waals surface area contributed by atoms with E-state index in [4.69, 9.17) is 4.42 Å². The van der Waals surface area contributed by atoms with E-state index >= 15 is 0 Å². The van der Waals surface area contributed by atoms with Gasteiger partial charge in [-0.15, -0.1) is 0 Å². The van der Waals surface area contributed by atoms with Gasteiger partial charge < -0.3 is 4.42 Å². The molecule has 0 aliphatic carbocycles. The van der Waals surface area contributed by atoms with E-state index in [0.29, 0.717) is 0 Å². The van der Waals surface area contributed by atoms with Gasteiger partial charge in [-0.25, -0.2) is 0 Å². The molecule has 1 heteroatoms. The Bertz CT molecular complexity index is 2870. The van der Waals surface area contributed by atoms with E-state index in [0.717, 1.165) is 33.1 Å². The van der Waals surface area contributed by atoms with Gasteiger partial charge in [-0.1, -0.05) is 133 Å². The van der Waals surface area contributed by atoms with Gasteiger partial charge in [0.15, 0.2) is 0 Å². The van der Waals surface area contributed by atoms with E-state index in [-0.39, 0.29) is 0 Å². The first-order chi connectivity index (χ1) is 24.2. The highest BCUT2D eigenvalue weighted by atomic mass is 16.3.